The topological polar surface area (TPSA) is 55.1 Å². The van der Waals surface area contributed by atoms with E-state index in [0.29, 0.717) is 35.4 Å². The maximum Gasteiger partial charge on any atom is 0.416 e. The molecule has 0 aliphatic carbocycles. The lowest BCUT2D eigenvalue weighted by atomic mass is 9.99. The number of hydrogen-bond acceptors (Lipinski definition) is 2. The molecular formula is C31H21BrF12N2O. The van der Waals surface area contributed by atoms with Crippen molar-refractivity contribution in [2.24, 2.45) is 5.73 Å². The van der Waals surface area contributed by atoms with Crippen LogP contribution < -0.4 is 11.1 Å². The Morgan fingerprint density at radius 3 is 1.36 bits per heavy atom. The van der Waals surface area contributed by atoms with E-state index in [4.69, 9.17) is 5.73 Å². The lowest BCUT2D eigenvalue weighted by Crippen LogP contribution is -2.24. The number of nitrogens with one attached hydrogen (secondary N) is 1. The Morgan fingerprint density at radius 2 is 0.957 bits per heavy atom. The average Bonchev–Trinajstić information content (AvgIpc) is 2.98. The number of carbonyl (C=O) groups is 1. The second kappa shape index (κ2) is 14.4. The van der Waals surface area contributed by atoms with E-state index >= 15 is 0 Å². The number of hydrogen-bond donors (Lipinski definition) is 2. The zero-order chi connectivity index (χ0) is 35.4. The van der Waals surface area contributed by atoms with Gasteiger partial charge in [0.05, 0.1) is 22.3 Å². The van der Waals surface area contributed by atoms with Crippen LogP contribution in [-0.4, -0.2) is 5.91 Å². The molecule has 0 saturated heterocycles. The summed E-state index contributed by atoms with van der Waals surface area (Å²) in [5, 5.41) is 2.41. The molecule has 4 rings (SSSR count). The fourth-order valence-electron chi connectivity index (χ4n) is 4.13. The minimum Gasteiger partial charge on any atom is -0.348 e. The van der Waals surface area contributed by atoms with Crippen LogP contribution in [0, 0.1) is 0 Å². The molecule has 0 aliphatic rings. The van der Waals surface area contributed by atoms with Crippen molar-refractivity contribution in [2.45, 2.75) is 37.8 Å². The van der Waals surface area contributed by atoms with Gasteiger partial charge < -0.3 is 11.1 Å². The molecule has 0 unspecified atom stereocenters. The van der Waals surface area contributed by atoms with Crippen LogP contribution in [-0.2, 0) is 37.8 Å². The van der Waals surface area contributed by atoms with E-state index in [0.717, 1.165) is 4.47 Å². The molecule has 0 saturated carbocycles. The van der Waals surface area contributed by atoms with Gasteiger partial charge in [0.1, 0.15) is 0 Å². The number of rotatable bonds is 5. The van der Waals surface area contributed by atoms with Crippen LogP contribution in [0.5, 0.6) is 0 Å². The number of benzene rings is 4. The summed E-state index contributed by atoms with van der Waals surface area (Å²) in [4.78, 5) is 12.7. The molecule has 47 heavy (non-hydrogen) atoms. The fraction of sp³-hybridized carbons (Fsp3) is 0.194. The fourth-order valence-corrected chi connectivity index (χ4v) is 4.63. The van der Waals surface area contributed by atoms with Gasteiger partial charge in [0.15, 0.2) is 0 Å². The van der Waals surface area contributed by atoms with Crippen LogP contribution in [0.2, 0.25) is 0 Å². The minimum absolute atomic E-state index is 0.0492. The standard InChI is InChI=1S/C22H14BrF6NO.C9H7F6N/c23-19-8-4-3-6-17(19)16-5-1-2-7-18(16)20(31)30-12-13-9-14(21(24,25)26)11-15(10-13)22(27,28)29;10-8(11,12)6-1-5(4-16)2-7(3-6)9(13,14)15/h1-11H,12H2,(H,30,31);1-3H,4,16H2. The molecule has 0 spiro atoms. The minimum atomic E-state index is -4.95. The quantitative estimate of drug-likeness (QED) is 0.200. The van der Waals surface area contributed by atoms with Crippen molar-refractivity contribution in [2.75, 3.05) is 0 Å². The Balaban J connectivity index is 0.000000316. The van der Waals surface area contributed by atoms with E-state index in [9.17, 15) is 57.5 Å². The largest absolute Gasteiger partial charge is 0.416 e. The average molecular weight is 745 g/mol. The molecule has 4 aromatic carbocycles. The predicted molar refractivity (Wildman–Crippen MR) is 152 cm³/mol. The molecule has 16 heteroatoms. The molecule has 3 nitrogen and oxygen atoms in total. The van der Waals surface area contributed by atoms with Crippen molar-refractivity contribution in [1.29, 1.82) is 0 Å². The van der Waals surface area contributed by atoms with Crippen molar-refractivity contribution >= 4 is 21.8 Å². The highest BCUT2D eigenvalue weighted by Gasteiger charge is 2.38. The Kier molecular flexibility index (Phi) is 11.4. The van der Waals surface area contributed by atoms with E-state index in [1.807, 2.05) is 0 Å². The highest BCUT2D eigenvalue weighted by molar-refractivity contribution is 9.10. The van der Waals surface area contributed by atoms with Crippen LogP contribution in [0.25, 0.3) is 11.1 Å². The van der Waals surface area contributed by atoms with E-state index in [2.05, 4.69) is 21.2 Å². The molecule has 0 radical (unpaired) electrons. The summed E-state index contributed by atoms with van der Waals surface area (Å²) in [6.45, 7) is -0.886. The number of alkyl halides is 12. The third kappa shape index (κ3) is 10.2. The SMILES string of the molecule is NCc1cc(C(F)(F)F)cc(C(F)(F)F)c1.O=C(NCc1cc(C(F)(F)F)cc(C(F)(F)F)c1)c1ccccc1-c1ccccc1Br. The van der Waals surface area contributed by atoms with Crippen LogP contribution in [0.1, 0.15) is 43.7 Å². The van der Waals surface area contributed by atoms with Gasteiger partial charge in [-0.2, -0.15) is 52.7 Å². The van der Waals surface area contributed by atoms with E-state index in [1.165, 1.54) is 6.07 Å². The molecule has 0 atom stereocenters. The summed E-state index contributed by atoms with van der Waals surface area (Å²) < 4.78 is 152. The van der Waals surface area contributed by atoms with Gasteiger partial charge in [-0.3, -0.25) is 4.79 Å². The third-order valence-electron chi connectivity index (χ3n) is 6.32. The maximum atomic E-state index is 13.0. The van der Waals surface area contributed by atoms with Gasteiger partial charge in [0.25, 0.3) is 5.91 Å². The van der Waals surface area contributed by atoms with Crippen molar-refractivity contribution in [3.63, 3.8) is 0 Å². The van der Waals surface area contributed by atoms with Crippen LogP contribution in [0.3, 0.4) is 0 Å². The number of nitrogens with two attached hydrogens (primary N) is 1. The first kappa shape index (κ1) is 37.4. The molecule has 4 aromatic rings. The van der Waals surface area contributed by atoms with E-state index < -0.39 is 59.4 Å². The van der Waals surface area contributed by atoms with Crippen molar-refractivity contribution in [3.8, 4) is 11.1 Å². The van der Waals surface area contributed by atoms with Gasteiger partial charge in [-0.05, 0) is 70.8 Å². The smallest absolute Gasteiger partial charge is 0.348 e. The zero-order valence-corrected chi connectivity index (χ0v) is 25.0. The second-order valence-corrected chi connectivity index (χ2v) is 10.6. The molecule has 0 bridgehead atoms. The number of amides is 1. The molecule has 0 fully saturated rings. The zero-order valence-electron chi connectivity index (χ0n) is 23.4. The molecule has 3 N–H and O–H groups in total. The first-order valence-electron chi connectivity index (χ1n) is 13.0. The van der Waals surface area contributed by atoms with Gasteiger partial charge in [0.2, 0.25) is 0 Å². The van der Waals surface area contributed by atoms with Crippen molar-refractivity contribution in [3.05, 3.63) is 128 Å². The Morgan fingerprint density at radius 1 is 0.574 bits per heavy atom. The highest BCUT2D eigenvalue weighted by atomic mass is 79.9. The van der Waals surface area contributed by atoms with Gasteiger partial charge in [-0.15, -0.1) is 0 Å². The van der Waals surface area contributed by atoms with Crippen LogP contribution in [0.4, 0.5) is 52.7 Å². The Bertz CT molecular complexity index is 1650. The van der Waals surface area contributed by atoms with E-state index in [1.54, 1.807) is 42.5 Å². The van der Waals surface area contributed by atoms with Gasteiger partial charge in [-0.1, -0.05) is 52.3 Å². The molecule has 0 aromatic heterocycles. The summed E-state index contributed by atoms with van der Waals surface area (Å²) in [5.74, 6) is -0.627. The molecular weight excluding hydrogens is 724 g/mol. The van der Waals surface area contributed by atoms with Gasteiger partial charge in [-0.25, -0.2) is 0 Å². The van der Waals surface area contributed by atoms with Crippen LogP contribution >= 0.6 is 15.9 Å². The lowest BCUT2D eigenvalue weighted by molar-refractivity contribution is -0.144. The van der Waals surface area contributed by atoms with Gasteiger partial charge >= 0.3 is 24.7 Å². The lowest BCUT2D eigenvalue weighted by Gasteiger charge is -2.15. The van der Waals surface area contributed by atoms with Crippen molar-refractivity contribution in [1.82, 2.24) is 5.32 Å². The molecule has 252 valence electrons. The second-order valence-electron chi connectivity index (χ2n) is 9.74. The van der Waals surface area contributed by atoms with Gasteiger partial charge in [0, 0.05) is 23.1 Å². The molecule has 0 heterocycles. The monoisotopic (exact) mass is 744 g/mol. The summed E-state index contributed by atoms with van der Waals surface area (Å²) in [5.41, 5.74) is 0.483. The molecule has 0 aliphatic heterocycles. The first-order chi connectivity index (χ1) is 21.6. The molecule has 1 amide bonds. The Labute approximate surface area is 267 Å². The van der Waals surface area contributed by atoms with Crippen LogP contribution in [0.15, 0.2) is 89.4 Å². The summed E-state index contributed by atoms with van der Waals surface area (Å²) in [7, 11) is 0. The number of carbonyl (C=O) groups excluding carboxylic acids is 1. The van der Waals surface area contributed by atoms with Crippen molar-refractivity contribution < 1.29 is 57.5 Å². The summed E-state index contributed by atoms with van der Waals surface area (Å²) in [6.07, 6.45) is -19.5. The normalized spacial score (nSPS) is 12.3. The third-order valence-corrected chi connectivity index (χ3v) is 7.01. The summed E-state index contributed by atoms with van der Waals surface area (Å²) >= 11 is 3.40. The first-order valence-corrected chi connectivity index (χ1v) is 13.8. The highest BCUT2D eigenvalue weighted by Crippen LogP contribution is 2.38. The number of halogens is 13. The van der Waals surface area contributed by atoms with E-state index in [-0.39, 0.29) is 35.4 Å². The maximum absolute atomic E-state index is 13.0. The summed E-state index contributed by atoms with van der Waals surface area (Å²) in [6, 6.07) is 16.2. The predicted octanol–water partition coefficient (Wildman–Crippen LogP) is 10.3. The Hall–Kier alpha value is -4.05.